The van der Waals surface area contributed by atoms with E-state index in [1.165, 1.54) is 244 Å². The molecule has 422 valence electrons. The van der Waals surface area contributed by atoms with Crippen LogP contribution in [0.1, 0.15) is 363 Å². The molecule has 0 heterocycles. The van der Waals surface area contributed by atoms with Gasteiger partial charge in [-0.05, 0) is 37.0 Å². The number of unbranched alkanes of at least 4 members (excludes halogenated alkanes) is 39. The van der Waals surface area contributed by atoms with Crippen molar-refractivity contribution in [2.24, 2.45) is 17.8 Å². The van der Waals surface area contributed by atoms with Crippen LogP contribution in [0.3, 0.4) is 0 Å². The first-order chi connectivity index (χ1) is 34.7. The number of carbonyl (C=O) groups is 3. The van der Waals surface area contributed by atoms with Crippen molar-refractivity contribution in [1.82, 2.24) is 0 Å². The molecule has 3 atom stereocenters. The van der Waals surface area contributed by atoms with Crippen LogP contribution in [0.4, 0.5) is 0 Å². The van der Waals surface area contributed by atoms with E-state index in [4.69, 9.17) is 14.2 Å². The van der Waals surface area contributed by atoms with Gasteiger partial charge in [0.1, 0.15) is 13.2 Å². The van der Waals surface area contributed by atoms with Crippen LogP contribution >= 0.6 is 0 Å². The zero-order valence-corrected chi connectivity index (χ0v) is 49.0. The Morgan fingerprint density at radius 3 is 0.732 bits per heavy atom. The molecule has 2 unspecified atom stereocenters. The van der Waals surface area contributed by atoms with Crippen molar-refractivity contribution in [2.45, 2.75) is 369 Å². The fraction of sp³-hybridized carbons (Fsp3) is 0.954. The molecule has 0 spiro atoms. The summed E-state index contributed by atoms with van der Waals surface area (Å²) in [6, 6.07) is 0. The van der Waals surface area contributed by atoms with Gasteiger partial charge in [0, 0.05) is 19.3 Å². The minimum absolute atomic E-state index is 0.0632. The number of rotatable bonds is 58. The Morgan fingerprint density at radius 1 is 0.282 bits per heavy atom. The van der Waals surface area contributed by atoms with Gasteiger partial charge >= 0.3 is 17.9 Å². The Balaban J connectivity index is 4.22. The SMILES string of the molecule is CCC(C)CCCCCCCCCCCCCCCCCCCCC(=O)OC[C@H](COC(=O)CCCCCCCCCCCCCCCCCCC(C)C)OC(=O)CCCCCCCCCCC(C)CC. The minimum Gasteiger partial charge on any atom is -0.462 e. The van der Waals surface area contributed by atoms with Crippen LogP contribution in [-0.4, -0.2) is 37.2 Å². The van der Waals surface area contributed by atoms with Crippen LogP contribution in [-0.2, 0) is 28.6 Å². The molecule has 6 nitrogen and oxygen atoms in total. The van der Waals surface area contributed by atoms with E-state index in [0.29, 0.717) is 19.3 Å². The maximum Gasteiger partial charge on any atom is 0.306 e. The second-order valence-corrected chi connectivity index (χ2v) is 23.4. The molecular formula is C65H126O6. The second kappa shape index (κ2) is 56.1. The monoisotopic (exact) mass is 1000 g/mol. The van der Waals surface area contributed by atoms with Crippen molar-refractivity contribution in [2.75, 3.05) is 13.2 Å². The summed E-state index contributed by atoms with van der Waals surface area (Å²) in [6.45, 7) is 13.8. The van der Waals surface area contributed by atoms with Crippen LogP contribution in [0.15, 0.2) is 0 Å². The predicted molar refractivity (Wildman–Crippen MR) is 307 cm³/mol. The highest BCUT2D eigenvalue weighted by Crippen LogP contribution is 2.20. The molecule has 0 aromatic rings. The van der Waals surface area contributed by atoms with Crippen molar-refractivity contribution in [3.05, 3.63) is 0 Å². The van der Waals surface area contributed by atoms with Gasteiger partial charge in [0.25, 0.3) is 0 Å². The molecule has 0 aromatic carbocycles. The fourth-order valence-corrected chi connectivity index (χ4v) is 10.00. The van der Waals surface area contributed by atoms with Gasteiger partial charge < -0.3 is 14.2 Å². The molecule has 6 heteroatoms. The van der Waals surface area contributed by atoms with E-state index in [1.54, 1.807) is 0 Å². The summed E-state index contributed by atoms with van der Waals surface area (Å²) in [7, 11) is 0. The van der Waals surface area contributed by atoms with Crippen molar-refractivity contribution in [1.29, 1.82) is 0 Å². The van der Waals surface area contributed by atoms with E-state index in [9.17, 15) is 14.4 Å². The van der Waals surface area contributed by atoms with Crippen molar-refractivity contribution in [3.63, 3.8) is 0 Å². The first-order valence-electron chi connectivity index (χ1n) is 32.2. The van der Waals surface area contributed by atoms with Gasteiger partial charge in [0.05, 0.1) is 0 Å². The highest BCUT2D eigenvalue weighted by Gasteiger charge is 2.19. The number of ether oxygens (including phenoxy) is 3. The summed E-state index contributed by atoms with van der Waals surface area (Å²) in [5.74, 6) is 1.77. The van der Waals surface area contributed by atoms with Gasteiger partial charge in [0.15, 0.2) is 6.10 Å². The average molecular weight is 1000 g/mol. The molecule has 0 fully saturated rings. The summed E-state index contributed by atoms with van der Waals surface area (Å²) >= 11 is 0. The zero-order chi connectivity index (χ0) is 51.9. The Bertz CT molecular complexity index is 1110. The first kappa shape index (κ1) is 69.4. The molecular weight excluding hydrogens is 877 g/mol. The summed E-state index contributed by atoms with van der Waals surface area (Å²) in [5, 5.41) is 0. The number of hydrogen-bond donors (Lipinski definition) is 0. The molecule has 0 radical (unpaired) electrons. The van der Waals surface area contributed by atoms with E-state index in [2.05, 4.69) is 41.5 Å². The van der Waals surface area contributed by atoms with Crippen molar-refractivity contribution >= 4 is 17.9 Å². The second-order valence-electron chi connectivity index (χ2n) is 23.4. The third-order valence-electron chi connectivity index (χ3n) is 15.6. The standard InChI is InChI=1S/C65H126O6/c1-7-60(5)52-46-40-34-28-24-20-16-11-9-10-12-17-21-25-29-36-42-48-54-63(66)69-57-62(71-65(68)56-50-44-38-32-31-35-41-47-53-61(6)8-2)58-70-64(67)55-49-43-37-30-26-22-18-14-13-15-19-23-27-33-39-45-51-59(3)4/h59-62H,7-58H2,1-6H3/t60?,61?,62-/m1/s1. The summed E-state index contributed by atoms with van der Waals surface area (Å²) in [6.07, 6.45) is 61.0. The van der Waals surface area contributed by atoms with Crippen LogP contribution in [0.5, 0.6) is 0 Å². The third kappa shape index (κ3) is 56.0. The molecule has 0 N–H and O–H groups in total. The van der Waals surface area contributed by atoms with Gasteiger partial charge in [-0.1, -0.05) is 324 Å². The molecule has 0 aliphatic heterocycles. The van der Waals surface area contributed by atoms with Crippen LogP contribution in [0, 0.1) is 17.8 Å². The molecule has 0 amide bonds. The lowest BCUT2D eigenvalue weighted by molar-refractivity contribution is -0.167. The molecule has 71 heavy (non-hydrogen) atoms. The topological polar surface area (TPSA) is 78.9 Å². The summed E-state index contributed by atoms with van der Waals surface area (Å²) in [5.41, 5.74) is 0. The van der Waals surface area contributed by atoms with E-state index < -0.39 is 6.10 Å². The first-order valence-corrected chi connectivity index (χ1v) is 32.2. The highest BCUT2D eigenvalue weighted by atomic mass is 16.6. The molecule has 0 aliphatic carbocycles. The molecule has 0 rings (SSSR count). The van der Waals surface area contributed by atoms with E-state index in [1.807, 2.05) is 0 Å². The van der Waals surface area contributed by atoms with Gasteiger partial charge in [-0.2, -0.15) is 0 Å². The van der Waals surface area contributed by atoms with Crippen LogP contribution < -0.4 is 0 Å². The summed E-state index contributed by atoms with van der Waals surface area (Å²) < 4.78 is 16.9. The lowest BCUT2D eigenvalue weighted by Crippen LogP contribution is -2.30. The molecule has 0 bridgehead atoms. The van der Waals surface area contributed by atoms with Gasteiger partial charge in [-0.3, -0.25) is 14.4 Å². The van der Waals surface area contributed by atoms with E-state index in [0.717, 1.165) is 75.5 Å². The Morgan fingerprint density at radius 2 is 0.493 bits per heavy atom. The van der Waals surface area contributed by atoms with Crippen molar-refractivity contribution in [3.8, 4) is 0 Å². The normalized spacial score (nSPS) is 12.9. The molecule has 0 saturated heterocycles. The van der Waals surface area contributed by atoms with Crippen LogP contribution in [0.2, 0.25) is 0 Å². The van der Waals surface area contributed by atoms with Crippen molar-refractivity contribution < 1.29 is 28.6 Å². The smallest absolute Gasteiger partial charge is 0.306 e. The quantitative estimate of drug-likeness (QED) is 0.0343. The maximum atomic E-state index is 12.9. The van der Waals surface area contributed by atoms with E-state index >= 15 is 0 Å². The predicted octanol–water partition coefficient (Wildman–Crippen LogP) is 21.5. The lowest BCUT2D eigenvalue weighted by Gasteiger charge is -2.18. The van der Waals surface area contributed by atoms with Gasteiger partial charge in [0.2, 0.25) is 0 Å². The molecule has 0 aliphatic rings. The van der Waals surface area contributed by atoms with Gasteiger partial charge in [-0.25, -0.2) is 0 Å². The third-order valence-corrected chi connectivity index (χ3v) is 15.6. The van der Waals surface area contributed by atoms with E-state index in [-0.39, 0.29) is 31.1 Å². The summed E-state index contributed by atoms with van der Waals surface area (Å²) in [4.78, 5) is 38.3. The number of esters is 3. The fourth-order valence-electron chi connectivity index (χ4n) is 10.00. The Kier molecular flexibility index (Phi) is 54.9. The van der Waals surface area contributed by atoms with Gasteiger partial charge in [-0.15, -0.1) is 0 Å². The molecule has 0 saturated carbocycles. The number of carbonyl (C=O) groups excluding carboxylic acids is 3. The maximum absolute atomic E-state index is 12.9. The molecule has 0 aromatic heterocycles. The lowest BCUT2D eigenvalue weighted by atomic mass is 9.99. The Hall–Kier alpha value is -1.59. The Labute approximate surface area is 444 Å². The zero-order valence-electron chi connectivity index (χ0n) is 49.0. The minimum atomic E-state index is -0.765. The number of hydrogen-bond acceptors (Lipinski definition) is 6. The average Bonchev–Trinajstić information content (AvgIpc) is 3.36. The highest BCUT2D eigenvalue weighted by molar-refractivity contribution is 5.71. The largest absolute Gasteiger partial charge is 0.462 e. The van der Waals surface area contributed by atoms with Crippen LogP contribution in [0.25, 0.3) is 0 Å².